The fourth-order valence-electron chi connectivity index (χ4n) is 5.16. The van der Waals surface area contributed by atoms with E-state index in [1.54, 1.807) is 26.3 Å². The quantitative estimate of drug-likeness (QED) is 0.346. The molecule has 42 heavy (non-hydrogen) atoms. The molecular formula is C30H38N6O5S. The Bertz CT molecular complexity index is 1390. The first-order valence-corrected chi connectivity index (χ1v) is 14.9. The number of aryl methyl sites for hydroxylation is 1. The van der Waals surface area contributed by atoms with Crippen LogP contribution in [0.5, 0.6) is 0 Å². The standard InChI is InChI=1S/C30H38N6O5S/c1-17-24(42-16-33-17)19-8-6-18(7-9-19)21(13-23(38)32-5)34-26(39)22-12-20(37)14-36(22)27(40)25(29(2,3)4)35-28(41)30(15-31)10-11-30/h6-9,16,20-22,25,37H,10-14H2,1-5H3,(H,32,38)(H,34,39)(H,35,41)/t20-,21+,22?,25?/m1/s1. The number of likely N-dealkylation sites (tertiary alicyclic amines) is 1. The highest BCUT2D eigenvalue weighted by molar-refractivity contribution is 7.13. The summed E-state index contributed by atoms with van der Waals surface area (Å²) in [5.74, 6) is -1.79. The lowest BCUT2D eigenvalue weighted by Gasteiger charge is -2.36. The highest BCUT2D eigenvalue weighted by Gasteiger charge is 2.53. The van der Waals surface area contributed by atoms with Crippen molar-refractivity contribution in [1.29, 1.82) is 5.26 Å². The predicted molar refractivity (Wildman–Crippen MR) is 157 cm³/mol. The molecule has 1 aliphatic carbocycles. The van der Waals surface area contributed by atoms with Gasteiger partial charge in [-0.25, -0.2) is 4.98 Å². The number of nitrogens with one attached hydrogen (secondary N) is 3. The molecule has 4 atom stereocenters. The number of hydrogen-bond donors (Lipinski definition) is 4. The van der Waals surface area contributed by atoms with E-state index in [2.05, 4.69) is 20.9 Å². The molecular weight excluding hydrogens is 556 g/mol. The summed E-state index contributed by atoms with van der Waals surface area (Å²) in [6.07, 6.45) is -0.0759. The lowest BCUT2D eigenvalue weighted by atomic mass is 9.85. The van der Waals surface area contributed by atoms with Crippen LogP contribution < -0.4 is 16.0 Å². The van der Waals surface area contributed by atoms with Gasteiger partial charge in [0.25, 0.3) is 0 Å². The van der Waals surface area contributed by atoms with Gasteiger partial charge in [0.15, 0.2) is 0 Å². The molecule has 0 bridgehead atoms. The van der Waals surface area contributed by atoms with Gasteiger partial charge in [0, 0.05) is 20.0 Å². The van der Waals surface area contributed by atoms with Crippen LogP contribution in [0.25, 0.3) is 10.4 Å². The van der Waals surface area contributed by atoms with Crippen LogP contribution in [0.2, 0.25) is 0 Å². The van der Waals surface area contributed by atoms with Gasteiger partial charge in [-0.2, -0.15) is 5.26 Å². The van der Waals surface area contributed by atoms with Crippen molar-refractivity contribution < 1.29 is 24.3 Å². The van der Waals surface area contributed by atoms with Crippen LogP contribution in [0.15, 0.2) is 29.8 Å². The van der Waals surface area contributed by atoms with Crippen molar-refractivity contribution in [2.75, 3.05) is 13.6 Å². The number of carbonyl (C=O) groups is 4. The van der Waals surface area contributed by atoms with E-state index in [1.807, 2.05) is 37.3 Å². The number of hydrogen-bond acceptors (Lipinski definition) is 8. The molecule has 1 saturated heterocycles. The van der Waals surface area contributed by atoms with Gasteiger partial charge in [0.2, 0.25) is 23.6 Å². The summed E-state index contributed by atoms with van der Waals surface area (Å²) in [6, 6.07) is 6.87. The molecule has 4 N–H and O–H groups in total. The fraction of sp³-hybridized carbons (Fsp3) is 0.533. The van der Waals surface area contributed by atoms with Crippen LogP contribution >= 0.6 is 11.3 Å². The molecule has 1 aromatic carbocycles. The van der Waals surface area contributed by atoms with Crippen molar-refractivity contribution in [2.45, 2.75) is 77.6 Å². The van der Waals surface area contributed by atoms with E-state index >= 15 is 0 Å². The number of β-amino-alcohol motifs (C(OH)–C–C–N with tert-alkyl or cyclic N) is 1. The molecule has 4 amide bonds. The molecule has 4 rings (SSSR count). The molecule has 1 aliphatic heterocycles. The molecule has 2 aromatic rings. The summed E-state index contributed by atoms with van der Waals surface area (Å²) in [7, 11) is 1.52. The van der Waals surface area contributed by atoms with E-state index in [9.17, 15) is 29.5 Å². The Morgan fingerprint density at radius 1 is 1.19 bits per heavy atom. The second-order valence-corrected chi connectivity index (χ2v) is 13.0. The van der Waals surface area contributed by atoms with Gasteiger partial charge < -0.3 is 26.0 Å². The summed E-state index contributed by atoms with van der Waals surface area (Å²) in [6.45, 7) is 7.23. The molecule has 2 fully saturated rings. The normalized spacial score (nSPS) is 20.6. The van der Waals surface area contributed by atoms with Crippen LogP contribution in [0.4, 0.5) is 0 Å². The van der Waals surface area contributed by atoms with E-state index in [1.165, 1.54) is 23.3 Å². The maximum Gasteiger partial charge on any atom is 0.246 e. The highest BCUT2D eigenvalue weighted by atomic mass is 32.1. The number of aliphatic hydroxyl groups is 1. The first-order valence-electron chi connectivity index (χ1n) is 14.0. The van der Waals surface area contributed by atoms with E-state index in [4.69, 9.17) is 0 Å². The Hall–Kier alpha value is -3.82. The van der Waals surface area contributed by atoms with E-state index < -0.39 is 52.8 Å². The molecule has 12 heteroatoms. The summed E-state index contributed by atoms with van der Waals surface area (Å²) in [4.78, 5) is 59.4. The maximum absolute atomic E-state index is 13.9. The SMILES string of the molecule is CNC(=O)C[C@H](NC(=O)C1C[C@@H](O)CN1C(=O)C(NC(=O)C1(C#N)CC1)C(C)(C)C)c1ccc(-c2scnc2C)cc1. The van der Waals surface area contributed by atoms with E-state index in [-0.39, 0.29) is 25.3 Å². The number of nitriles is 1. The topological polar surface area (TPSA) is 165 Å². The van der Waals surface area contributed by atoms with Crippen LogP contribution in [0.3, 0.4) is 0 Å². The number of aromatic nitrogens is 1. The van der Waals surface area contributed by atoms with Gasteiger partial charge in [-0.15, -0.1) is 11.3 Å². The molecule has 2 heterocycles. The zero-order valence-electron chi connectivity index (χ0n) is 24.6. The van der Waals surface area contributed by atoms with Crippen LogP contribution in [-0.4, -0.2) is 70.4 Å². The smallest absolute Gasteiger partial charge is 0.246 e. The second-order valence-electron chi connectivity index (χ2n) is 12.2. The summed E-state index contributed by atoms with van der Waals surface area (Å²) in [5.41, 5.74) is 2.52. The fourth-order valence-corrected chi connectivity index (χ4v) is 5.97. The number of amides is 4. The predicted octanol–water partition coefficient (Wildman–Crippen LogP) is 2.21. The third kappa shape index (κ3) is 6.63. The Morgan fingerprint density at radius 2 is 1.86 bits per heavy atom. The number of nitrogens with zero attached hydrogens (tertiary/aromatic N) is 3. The monoisotopic (exact) mass is 594 g/mol. The van der Waals surface area contributed by atoms with Crippen LogP contribution in [0.1, 0.15) is 63.8 Å². The summed E-state index contributed by atoms with van der Waals surface area (Å²) < 4.78 is 0. The van der Waals surface area contributed by atoms with Gasteiger partial charge in [-0.05, 0) is 36.3 Å². The lowest BCUT2D eigenvalue weighted by Crippen LogP contribution is -2.58. The number of rotatable bonds is 9. The zero-order valence-corrected chi connectivity index (χ0v) is 25.4. The number of aliphatic hydroxyl groups excluding tert-OH is 1. The van der Waals surface area contributed by atoms with E-state index in [0.717, 1.165) is 16.1 Å². The first-order chi connectivity index (χ1) is 19.8. The molecule has 2 aliphatic rings. The maximum atomic E-state index is 13.9. The molecule has 11 nitrogen and oxygen atoms in total. The van der Waals surface area contributed by atoms with Crippen molar-refractivity contribution in [1.82, 2.24) is 25.8 Å². The van der Waals surface area contributed by atoms with Gasteiger partial charge in [0.05, 0.1) is 40.7 Å². The number of thiazole rings is 1. The van der Waals surface area contributed by atoms with Crippen LogP contribution in [0, 0.1) is 29.1 Å². The van der Waals surface area contributed by atoms with Gasteiger partial charge >= 0.3 is 0 Å². The van der Waals surface area contributed by atoms with Crippen molar-refractivity contribution in [3.05, 3.63) is 41.0 Å². The summed E-state index contributed by atoms with van der Waals surface area (Å²) >= 11 is 1.53. The Labute approximate surface area is 249 Å². The third-order valence-electron chi connectivity index (χ3n) is 7.96. The van der Waals surface area contributed by atoms with Gasteiger partial charge in [-0.3, -0.25) is 19.2 Å². The Kier molecular flexibility index (Phi) is 9.03. The Balaban J connectivity index is 1.55. The lowest BCUT2D eigenvalue weighted by molar-refractivity contribution is -0.144. The third-order valence-corrected chi connectivity index (χ3v) is 8.94. The minimum atomic E-state index is -1.12. The van der Waals surface area contributed by atoms with Crippen molar-refractivity contribution in [3.63, 3.8) is 0 Å². The minimum Gasteiger partial charge on any atom is -0.391 e. The summed E-state index contributed by atoms with van der Waals surface area (Å²) in [5, 5.41) is 28.2. The zero-order chi connectivity index (χ0) is 30.8. The van der Waals surface area contributed by atoms with Crippen molar-refractivity contribution in [2.24, 2.45) is 10.8 Å². The average molecular weight is 595 g/mol. The van der Waals surface area contributed by atoms with Crippen molar-refractivity contribution in [3.8, 4) is 16.5 Å². The number of carbonyl (C=O) groups excluding carboxylic acids is 4. The second kappa shape index (κ2) is 12.2. The van der Waals surface area contributed by atoms with Crippen LogP contribution in [-0.2, 0) is 19.2 Å². The molecule has 2 unspecified atom stereocenters. The molecule has 1 aromatic heterocycles. The molecule has 1 saturated carbocycles. The van der Waals surface area contributed by atoms with Gasteiger partial charge in [0.1, 0.15) is 17.5 Å². The Morgan fingerprint density at radius 3 is 2.38 bits per heavy atom. The average Bonchev–Trinajstić information content (AvgIpc) is 3.49. The minimum absolute atomic E-state index is 0.0147. The van der Waals surface area contributed by atoms with E-state index in [0.29, 0.717) is 18.4 Å². The highest BCUT2D eigenvalue weighted by Crippen LogP contribution is 2.45. The molecule has 0 radical (unpaired) electrons. The first kappa shape index (κ1) is 31.1. The largest absolute Gasteiger partial charge is 0.391 e. The molecule has 0 spiro atoms. The van der Waals surface area contributed by atoms with Gasteiger partial charge in [-0.1, -0.05) is 45.0 Å². The molecule has 224 valence electrons. The van der Waals surface area contributed by atoms with Crippen molar-refractivity contribution >= 4 is 35.0 Å². The number of benzene rings is 1.